The number of anilines is 1. The zero-order valence-electron chi connectivity index (χ0n) is 13.8. The van der Waals surface area contributed by atoms with Crippen LogP contribution in [0.2, 0.25) is 0 Å². The maximum atomic E-state index is 12.7. The van der Waals surface area contributed by atoms with Crippen LogP contribution < -0.4 is 9.64 Å². The number of piperidine rings is 1. The highest BCUT2D eigenvalue weighted by Crippen LogP contribution is 2.29. The van der Waals surface area contributed by atoms with Crippen molar-refractivity contribution in [1.29, 1.82) is 0 Å². The van der Waals surface area contributed by atoms with Gasteiger partial charge < -0.3 is 9.64 Å². The van der Waals surface area contributed by atoms with Gasteiger partial charge >= 0.3 is 6.18 Å². The lowest BCUT2D eigenvalue weighted by atomic mass is 9.98. The van der Waals surface area contributed by atoms with Crippen LogP contribution in [-0.2, 0) is 6.18 Å². The Kier molecular flexibility index (Phi) is 5.06. The summed E-state index contributed by atoms with van der Waals surface area (Å²) in [6, 6.07) is 3.69. The molecule has 2 aromatic heterocycles. The number of aryl methyl sites for hydroxylation is 1. The molecule has 0 aliphatic carbocycles. The van der Waals surface area contributed by atoms with Gasteiger partial charge in [-0.3, -0.25) is 0 Å². The van der Waals surface area contributed by atoms with E-state index >= 15 is 0 Å². The summed E-state index contributed by atoms with van der Waals surface area (Å²) in [6.07, 6.45) is 0.860. The Bertz CT molecular complexity index is 698. The molecule has 0 spiro atoms. The van der Waals surface area contributed by atoms with Crippen LogP contribution in [0.3, 0.4) is 0 Å². The smallest absolute Gasteiger partial charge is 0.433 e. The Morgan fingerprint density at radius 3 is 2.48 bits per heavy atom. The highest BCUT2D eigenvalue weighted by Gasteiger charge is 2.32. The molecule has 0 N–H and O–H groups in total. The Morgan fingerprint density at radius 2 is 1.84 bits per heavy atom. The standard InChI is InChI=1S/C17H19F3N4O/c1-12-9-21-16(22-10-12)24-7-5-13(6-8-24)11-25-15-4-2-3-14(23-15)17(18,19)20/h2-4,9-10,13H,5-8,11H2,1H3. The minimum Gasteiger partial charge on any atom is -0.477 e. The van der Waals surface area contributed by atoms with Crippen LogP contribution in [0.1, 0.15) is 24.1 Å². The Balaban J connectivity index is 1.50. The van der Waals surface area contributed by atoms with Crippen LogP contribution in [0.25, 0.3) is 0 Å². The van der Waals surface area contributed by atoms with Crippen LogP contribution >= 0.6 is 0 Å². The summed E-state index contributed by atoms with van der Waals surface area (Å²) in [4.78, 5) is 14.3. The molecule has 3 rings (SSSR count). The number of halogens is 3. The molecular formula is C17H19F3N4O. The third-order valence-electron chi connectivity index (χ3n) is 4.15. The molecule has 5 nitrogen and oxygen atoms in total. The highest BCUT2D eigenvalue weighted by molar-refractivity contribution is 5.30. The quantitative estimate of drug-likeness (QED) is 0.843. The van der Waals surface area contributed by atoms with Crippen LogP contribution in [0.15, 0.2) is 30.6 Å². The predicted molar refractivity (Wildman–Crippen MR) is 86.4 cm³/mol. The summed E-state index contributed by atoms with van der Waals surface area (Å²) in [6.45, 7) is 3.90. The molecule has 3 heterocycles. The van der Waals surface area contributed by atoms with Gasteiger partial charge in [0.15, 0.2) is 0 Å². The Hall–Kier alpha value is -2.38. The SMILES string of the molecule is Cc1cnc(N2CCC(COc3cccc(C(F)(F)F)n3)CC2)nc1. The summed E-state index contributed by atoms with van der Waals surface area (Å²) in [7, 11) is 0. The number of hydrogen-bond donors (Lipinski definition) is 0. The first-order chi connectivity index (χ1) is 11.9. The van der Waals surface area contributed by atoms with Gasteiger partial charge in [0, 0.05) is 31.5 Å². The number of ether oxygens (including phenoxy) is 1. The summed E-state index contributed by atoms with van der Waals surface area (Å²) < 4.78 is 43.4. The average molecular weight is 352 g/mol. The number of hydrogen-bond acceptors (Lipinski definition) is 5. The molecule has 1 aliphatic heterocycles. The van der Waals surface area contributed by atoms with Crippen molar-refractivity contribution in [2.75, 3.05) is 24.6 Å². The Morgan fingerprint density at radius 1 is 1.16 bits per heavy atom. The van der Waals surface area contributed by atoms with Crippen molar-refractivity contribution in [3.63, 3.8) is 0 Å². The van der Waals surface area contributed by atoms with Crippen molar-refractivity contribution >= 4 is 5.95 Å². The number of aromatic nitrogens is 3. The molecule has 0 atom stereocenters. The zero-order valence-corrected chi connectivity index (χ0v) is 13.8. The first-order valence-electron chi connectivity index (χ1n) is 8.12. The van der Waals surface area contributed by atoms with E-state index in [0.717, 1.165) is 37.6 Å². The van der Waals surface area contributed by atoms with Gasteiger partial charge in [-0.15, -0.1) is 0 Å². The van der Waals surface area contributed by atoms with Crippen molar-refractivity contribution < 1.29 is 17.9 Å². The van der Waals surface area contributed by atoms with Crippen molar-refractivity contribution in [1.82, 2.24) is 15.0 Å². The number of pyridine rings is 1. The van der Waals surface area contributed by atoms with E-state index in [2.05, 4.69) is 19.9 Å². The fourth-order valence-electron chi connectivity index (χ4n) is 2.71. The Labute approximate surface area is 143 Å². The van der Waals surface area contributed by atoms with Gasteiger partial charge in [-0.1, -0.05) is 6.07 Å². The summed E-state index contributed by atoms with van der Waals surface area (Å²) in [5.74, 6) is 1.00. The second kappa shape index (κ2) is 7.25. The lowest BCUT2D eigenvalue weighted by molar-refractivity contribution is -0.141. The third-order valence-corrected chi connectivity index (χ3v) is 4.15. The van der Waals surface area contributed by atoms with E-state index in [1.54, 1.807) is 12.4 Å². The first-order valence-corrected chi connectivity index (χ1v) is 8.12. The number of rotatable bonds is 4. The molecule has 0 radical (unpaired) electrons. The van der Waals surface area contributed by atoms with E-state index in [4.69, 9.17) is 4.74 Å². The zero-order chi connectivity index (χ0) is 17.9. The van der Waals surface area contributed by atoms with Crippen molar-refractivity contribution in [3.8, 4) is 5.88 Å². The maximum absolute atomic E-state index is 12.7. The van der Waals surface area contributed by atoms with Gasteiger partial charge in [-0.2, -0.15) is 13.2 Å². The summed E-state index contributed by atoms with van der Waals surface area (Å²) in [5.41, 5.74) is 0.0805. The molecule has 1 aliphatic rings. The lowest BCUT2D eigenvalue weighted by Crippen LogP contribution is -2.36. The van der Waals surface area contributed by atoms with Crippen molar-refractivity contribution in [2.45, 2.75) is 25.9 Å². The molecule has 1 fully saturated rings. The fraction of sp³-hybridized carbons (Fsp3) is 0.471. The predicted octanol–water partition coefficient (Wildman–Crippen LogP) is 3.49. The first kappa shape index (κ1) is 17.4. The molecule has 0 bridgehead atoms. The van der Waals surface area contributed by atoms with Gasteiger partial charge in [0.1, 0.15) is 5.69 Å². The van der Waals surface area contributed by atoms with Gasteiger partial charge in [0.05, 0.1) is 6.61 Å². The van der Waals surface area contributed by atoms with Gasteiger partial charge in [0.25, 0.3) is 0 Å². The second-order valence-electron chi connectivity index (χ2n) is 6.16. The molecule has 8 heteroatoms. The van der Waals surface area contributed by atoms with Crippen LogP contribution in [-0.4, -0.2) is 34.6 Å². The monoisotopic (exact) mass is 352 g/mol. The van der Waals surface area contributed by atoms with E-state index in [1.165, 1.54) is 12.1 Å². The van der Waals surface area contributed by atoms with E-state index in [1.807, 2.05) is 6.92 Å². The molecule has 25 heavy (non-hydrogen) atoms. The molecule has 1 saturated heterocycles. The topological polar surface area (TPSA) is 51.1 Å². The second-order valence-corrected chi connectivity index (χ2v) is 6.16. The minimum absolute atomic E-state index is 0.0131. The third kappa shape index (κ3) is 4.58. The van der Waals surface area contributed by atoms with Crippen LogP contribution in [0.5, 0.6) is 5.88 Å². The molecule has 0 amide bonds. The molecule has 0 unspecified atom stereocenters. The number of alkyl halides is 3. The van der Waals surface area contributed by atoms with E-state index in [0.29, 0.717) is 12.6 Å². The van der Waals surface area contributed by atoms with E-state index in [9.17, 15) is 13.2 Å². The number of nitrogens with zero attached hydrogens (tertiary/aromatic N) is 4. The van der Waals surface area contributed by atoms with E-state index in [-0.39, 0.29) is 11.8 Å². The summed E-state index contributed by atoms with van der Waals surface area (Å²) in [5, 5.41) is 0. The van der Waals surface area contributed by atoms with Gasteiger partial charge in [-0.05, 0) is 37.3 Å². The van der Waals surface area contributed by atoms with Crippen molar-refractivity contribution in [3.05, 3.63) is 41.9 Å². The van der Waals surface area contributed by atoms with Crippen molar-refractivity contribution in [2.24, 2.45) is 5.92 Å². The van der Waals surface area contributed by atoms with Crippen LogP contribution in [0, 0.1) is 12.8 Å². The summed E-state index contributed by atoms with van der Waals surface area (Å²) >= 11 is 0. The molecule has 0 saturated carbocycles. The highest BCUT2D eigenvalue weighted by atomic mass is 19.4. The van der Waals surface area contributed by atoms with Gasteiger partial charge in [0.2, 0.25) is 11.8 Å². The largest absolute Gasteiger partial charge is 0.477 e. The molecular weight excluding hydrogens is 333 g/mol. The lowest BCUT2D eigenvalue weighted by Gasteiger charge is -2.31. The molecule has 2 aromatic rings. The average Bonchev–Trinajstić information content (AvgIpc) is 2.61. The van der Waals surface area contributed by atoms with Crippen LogP contribution in [0.4, 0.5) is 19.1 Å². The van der Waals surface area contributed by atoms with Gasteiger partial charge in [-0.25, -0.2) is 15.0 Å². The minimum atomic E-state index is -4.46. The van der Waals surface area contributed by atoms with E-state index < -0.39 is 11.9 Å². The maximum Gasteiger partial charge on any atom is 0.433 e. The molecule has 0 aromatic carbocycles. The molecule has 134 valence electrons. The normalized spacial score (nSPS) is 16.1. The fourth-order valence-corrected chi connectivity index (χ4v) is 2.71.